The van der Waals surface area contributed by atoms with Gasteiger partial charge in [0.25, 0.3) is 5.56 Å². The SMILES string of the molecule is O=c1[nH]c(Cl)c(F)c(=O)n1CCCn1ccnn1. The molecule has 2 heterocycles. The summed E-state index contributed by atoms with van der Waals surface area (Å²) in [5.41, 5.74) is -1.76. The summed E-state index contributed by atoms with van der Waals surface area (Å²) in [6.45, 7) is 0.540. The second-order valence-corrected chi connectivity index (χ2v) is 3.91. The first-order valence-corrected chi connectivity index (χ1v) is 5.49. The molecule has 0 radical (unpaired) electrons. The lowest BCUT2D eigenvalue weighted by Crippen LogP contribution is -2.37. The van der Waals surface area contributed by atoms with Crippen LogP contribution in [0, 0.1) is 5.82 Å². The normalized spacial score (nSPS) is 10.8. The topological polar surface area (TPSA) is 85.6 Å². The third-order valence-corrected chi connectivity index (χ3v) is 2.59. The number of aromatic amines is 1. The summed E-state index contributed by atoms with van der Waals surface area (Å²) in [6.07, 6.45) is 3.60. The van der Waals surface area contributed by atoms with Gasteiger partial charge in [0.15, 0.2) is 5.15 Å². The summed E-state index contributed by atoms with van der Waals surface area (Å²) >= 11 is 5.34. The van der Waals surface area contributed by atoms with Gasteiger partial charge >= 0.3 is 5.69 Å². The summed E-state index contributed by atoms with van der Waals surface area (Å²) in [6, 6.07) is 0. The number of hydrogen-bond donors (Lipinski definition) is 1. The molecule has 0 aliphatic carbocycles. The first-order chi connectivity index (χ1) is 8.59. The molecule has 0 bridgehead atoms. The first kappa shape index (κ1) is 12.5. The number of nitrogens with zero attached hydrogens (tertiary/aromatic N) is 4. The van der Waals surface area contributed by atoms with Crippen molar-refractivity contribution in [2.24, 2.45) is 0 Å². The standard InChI is InChI=1S/C9H9ClFN5O2/c10-7-6(11)8(17)16(9(18)13-7)4-1-3-15-5-2-12-14-15/h2,5H,1,3-4H2,(H,13,18). The summed E-state index contributed by atoms with van der Waals surface area (Å²) in [5.74, 6) is -1.16. The molecule has 2 aromatic heterocycles. The smallest absolute Gasteiger partial charge is 0.295 e. The third-order valence-electron chi connectivity index (χ3n) is 2.33. The summed E-state index contributed by atoms with van der Waals surface area (Å²) < 4.78 is 15.5. The van der Waals surface area contributed by atoms with Crippen LogP contribution in [0.4, 0.5) is 4.39 Å². The molecule has 18 heavy (non-hydrogen) atoms. The summed E-state index contributed by atoms with van der Waals surface area (Å²) in [7, 11) is 0. The minimum absolute atomic E-state index is 0.0715. The van der Waals surface area contributed by atoms with Crippen LogP contribution in [-0.4, -0.2) is 24.5 Å². The predicted molar refractivity (Wildman–Crippen MR) is 60.9 cm³/mol. The highest BCUT2D eigenvalue weighted by Crippen LogP contribution is 2.02. The second kappa shape index (κ2) is 5.13. The molecule has 0 fully saturated rings. The van der Waals surface area contributed by atoms with Gasteiger partial charge in [0.2, 0.25) is 5.82 Å². The van der Waals surface area contributed by atoms with Crippen molar-refractivity contribution >= 4 is 11.6 Å². The highest BCUT2D eigenvalue weighted by Gasteiger charge is 2.11. The van der Waals surface area contributed by atoms with E-state index in [0.717, 1.165) is 4.57 Å². The van der Waals surface area contributed by atoms with E-state index in [1.54, 1.807) is 10.9 Å². The van der Waals surface area contributed by atoms with Crippen molar-refractivity contribution in [2.75, 3.05) is 0 Å². The molecule has 2 rings (SSSR count). The maximum atomic E-state index is 13.2. The van der Waals surface area contributed by atoms with Gasteiger partial charge in [-0.25, -0.2) is 4.79 Å². The average Bonchev–Trinajstić information content (AvgIpc) is 2.84. The van der Waals surface area contributed by atoms with Crippen LogP contribution in [0.2, 0.25) is 5.15 Å². The molecule has 0 atom stereocenters. The Hall–Kier alpha value is -1.96. The Kier molecular flexibility index (Phi) is 3.56. The second-order valence-electron chi connectivity index (χ2n) is 3.53. The van der Waals surface area contributed by atoms with Gasteiger partial charge in [-0.15, -0.1) is 5.10 Å². The maximum absolute atomic E-state index is 13.2. The maximum Gasteiger partial charge on any atom is 0.329 e. The summed E-state index contributed by atoms with van der Waals surface area (Å²) in [5, 5.41) is 6.76. The minimum Gasteiger partial charge on any atom is -0.295 e. The van der Waals surface area contributed by atoms with E-state index in [4.69, 9.17) is 11.6 Å². The Bertz CT molecular complexity index is 648. The van der Waals surface area contributed by atoms with Crippen LogP contribution in [-0.2, 0) is 13.1 Å². The fourth-order valence-corrected chi connectivity index (χ4v) is 1.63. The Morgan fingerprint density at radius 3 is 2.83 bits per heavy atom. The van der Waals surface area contributed by atoms with E-state index >= 15 is 0 Å². The van der Waals surface area contributed by atoms with E-state index in [2.05, 4.69) is 15.3 Å². The Morgan fingerprint density at radius 1 is 1.39 bits per heavy atom. The highest BCUT2D eigenvalue weighted by atomic mass is 35.5. The number of hydrogen-bond acceptors (Lipinski definition) is 4. The van der Waals surface area contributed by atoms with Gasteiger partial charge in [-0.1, -0.05) is 16.8 Å². The van der Waals surface area contributed by atoms with E-state index < -0.39 is 22.2 Å². The van der Waals surface area contributed by atoms with Crippen LogP contribution in [0.15, 0.2) is 22.0 Å². The lowest BCUT2D eigenvalue weighted by molar-refractivity contribution is 0.479. The zero-order valence-corrected chi connectivity index (χ0v) is 9.89. The van der Waals surface area contributed by atoms with E-state index in [-0.39, 0.29) is 6.54 Å². The van der Waals surface area contributed by atoms with E-state index in [0.29, 0.717) is 13.0 Å². The van der Waals surface area contributed by atoms with Gasteiger partial charge in [0, 0.05) is 19.3 Å². The van der Waals surface area contributed by atoms with Crippen LogP contribution in [0.5, 0.6) is 0 Å². The first-order valence-electron chi connectivity index (χ1n) is 5.12. The minimum atomic E-state index is -1.16. The van der Waals surface area contributed by atoms with Crippen molar-refractivity contribution in [1.29, 1.82) is 0 Å². The van der Waals surface area contributed by atoms with E-state index in [1.165, 1.54) is 6.20 Å². The molecule has 2 aromatic rings. The van der Waals surface area contributed by atoms with Crippen molar-refractivity contribution in [3.8, 4) is 0 Å². The number of nitrogens with one attached hydrogen (secondary N) is 1. The number of H-pyrrole nitrogens is 1. The number of aromatic nitrogens is 5. The quantitative estimate of drug-likeness (QED) is 0.795. The van der Waals surface area contributed by atoms with Gasteiger partial charge in [-0.3, -0.25) is 19.0 Å². The van der Waals surface area contributed by atoms with Gasteiger partial charge in [0.05, 0.1) is 6.20 Å². The summed E-state index contributed by atoms with van der Waals surface area (Å²) in [4.78, 5) is 24.9. The lowest BCUT2D eigenvalue weighted by Gasteiger charge is -2.05. The predicted octanol–water partition coefficient (Wildman–Crippen LogP) is 0.0109. The third kappa shape index (κ3) is 2.48. The van der Waals surface area contributed by atoms with Gasteiger partial charge in [-0.2, -0.15) is 4.39 Å². The molecule has 0 aromatic carbocycles. The fourth-order valence-electron chi connectivity index (χ4n) is 1.47. The van der Waals surface area contributed by atoms with Crippen molar-refractivity contribution in [2.45, 2.75) is 19.5 Å². The molecule has 0 aliphatic heterocycles. The molecule has 0 unspecified atom stereocenters. The molecule has 0 saturated heterocycles. The average molecular weight is 274 g/mol. The molecule has 0 amide bonds. The van der Waals surface area contributed by atoms with Crippen LogP contribution in [0.1, 0.15) is 6.42 Å². The molecular weight excluding hydrogens is 265 g/mol. The molecule has 96 valence electrons. The molecule has 0 spiro atoms. The van der Waals surface area contributed by atoms with Crippen molar-refractivity contribution in [1.82, 2.24) is 24.5 Å². The van der Waals surface area contributed by atoms with Crippen LogP contribution in [0.3, 0.4) is 0 Å². The Morgan fingerprint density at radius 2 is 2.17 bits per heavy atom. The van der Waals surface area contributed by atoms with Gasteiger partial charge in [-0.05, 0) is 6.42 Å². The number of halogens is 2. The zero-order valence-electron chi connectivity index (χ0n) is 9.14. The monoisotopic (exact) mass is 273 g/mol. The Balaban J connectivity index is 2.13. The molecule has 7 nitrogen and oxygen atoms in total. The fraction of sp³-hybridized carbons (Fsp3) is 0.333. The molecule has 9 heteroatoms. The lowest BCUT2D eigenvalue weighted by atomic mass is 10.4. The molecular formula is C9H9ClFN5O2. The molecule has 1 N–H and O–H groups in total. The van der Waals surface area contributed by atoms with Crippen molar-refractivity contribution in [3.63, 3.8) is 0 Å². The van der Waals surface area contributed by atoms with Crippen molar-refractivity contribution in [3.05, 3.63) is 44.2 Å². The largest absolute Gasteiger partial charge is 0.329 e. The van der Waals surface area contributed by atoms with E-state index in [9.17, 15) is 14.0 Å². The molecule has 0 aliphatic rings. The van der Waals surface area contributed by atoms with Crippen LogP contribution < -0.4 is 11.2 Å². The zero-order chi connectivity index (χ0) is 13.1. The number of rotatable bonds is 4. The molecule has 0 saturated carbocycles. The highest BCUT2D eigenvalue weighted by molar-refractivity contribution is 6.29. The van der Waals surface area contributed by atoms with Gasteiger partial charge < -0.3 is 0 Å². The van der Waals surface area contributed by atoms with Gasteiger partial charge in [0.1, 0.15) is 0 Å². The Labute approximate surface area is 105 Å². The van der Waals surface area contributed by atoms with Crippen LogP contribution in [0.25, 0.3) is 0 Å². The number of aryl methyl sites for hydroxylation is 1. The van der Waals surface area contributed by atoms with Crippen LogP contribution >= 0.6 is 11.6 Å². The van der Waals surface area contributed by atoms with Crippen molar-refractivity contribution < 1.29 is 4.39 Å². The van der Waals surface area contributed by atoms with E-state index in [1.807, 2.05) is 0 Å².